The van der Waals surface area contributed by atoms with Gasteiger partial charge in [0, 0.05) is 29.5 Å². The number of furan rings is 1. The third-order valence-electron chi connectivity index (χ3n) is 4.06. The van der Waals surface area contributed by atoms with Crippen LogP contribution in [-0.4, -0.2) is 31.6 Å². The summed E-state index contributed by atoms with van der Waals surface area (Å²) in [4.78, 5) is 35.3. The van der Waals surface area contributed by atoms with E-state index in [-0.39, 0.29) is 5.76 Å². The van der Waals surface area contributed by atoms with Gasteiger partial charge in [0.25, 0.3) is 5.91 Å². The Kier molecular flexibility index (Phi) is 6.91. The summed E-state index contributed by atoms with van der Waals surface area (Å²) in [6.07, 6.45) is 0. The molecule has 0 unspecified atom stereocenters. The smallest absolute Gasteiger partial charge is 0.375 e. The van der Waals surface area contributed by atoms with Crippen molar-refractivity contribution >= 4 is 40.6 Å². The summed E-state index contributed by atoms with van der Waals surface area (Å²) in [6, 6.07) is 16.7. The van der Waals surface area contributed by atoms with Crippen molar-refractivity contribution < 1.29 is 23.5 Å². The number of urea groups is 1. The van der Waals surface area contributed by atoms with E-state index < -0.39 is 24.5 Å². The Morgan fingerprint density at radius 3 is 2.48 bits per heavy atom. The van der Waals surface area contributed by atoms with Crippen molar-refractivity contribution in [1.29, 1.82) is 0 Å². The van der Waals surface area contributed by atoms with Crippen molar-refractivity contribution in [2.75, 3.05) is 13.7 Å². The van der Waals surface area contributed by atoms with E-state index in [0.717, 1.165) is 16.7 Å². The lowest BCUT2D eigenvalue weighted by Gasteiger charge is -2.06. The molecule has 29 heavy (non-hydrogen) atoms. The van der Waals surface area contributed by atoms with Crippen LogP contribution in [0.2, 0.25) is 0 Å². The Bertz CT molecular complexity index is 1020. The van der Waals surface area contributed by atoms with Crippen molar-refractivity contribution in [2.24, 2.45) is 0 Å². The SMILES string of the molecule is CNC(=O)NC(=O)COC(=O)c1oc2ccccc2c1CSCc1ccccc1. The number of fused-ring (bicyclic) bond motifs is 1. The normalized spacial score (nSPS) is 10.5. The molecule has 0 spiro atoms. The molecule has 2 N–H and O–H groups in total. The van der Waals surface area contributed by atoms with Gasteiger partial charge in [-0.15, -0.1) is 0 Å². The molecule has 0 radical (unpaired) electrons. The van der Waals surface area contributed by atoms with E-state index in [1.54, 1.807) is 17.8 Å². The molecule has 0 saturated heterocycles. The number of hydrogen-bond donors (Lipinski definition) is 2. The minimum absolute atomic E-state index is 0.0690. The zero-order valence-electron chi connectivity index (χ0n) is 15.8. The third-order valence-corrected chi connectivity index (χ3v) is 5.09. The lowest BCUT2D eigenvalue weighted by Crippen LogP contribution is -2.39. The first-order valence-corrected chi connectivity index (χ1v) is 10.0. The highest BCUT2D eigenvalue weighted by Gasteiger charge is 2.22. The molecule has 7 nitrogen and oxygen atoms in total. The van der Waals surface area contributed by atoms with Crippen molar-refractivity contribution in [1.82, 2.24) is 10.6 Å². The van der Waals surface area contributed by atoms with E-state index in [4.69, 9.17) is 9.15 Å². The number of hydrogen-bond acceptors (Lipinski definition) is 6. The molecule has 0 aliphatic carbocycles. The molecule has 0 aliphatic heterocycles. The van der Waals surface area contributed by atoms with Crippen LogP contribution in [0, 0.1) is 0 Å². The van der Waals surface area contributed by atoms with E-state index in [0.29, 0.717) is 11.3 Å². The van der Waals surface area contributed by atoms with Crippen molar-refractivity contribution in [2.45, 2.75) is 11.5 Å². The maximum atomic E-state index is 12.5. The van der Waals surface area contributed by atoms with E-state index in [1.807, 2.05) is 53.8 Å². The Labute approximate surface area is 171 Å². The first kappa shape index (κ1) is 20.5. The fourth-order valence-electron chi connectivity index (χ4n) is 2.67. The summed E-state index contributed by atoms with van der Waals surface area (Å²) < 4.78 is 10.7. The number of carbonyl (C=O) groups excluding carboxylic acids is 3. The summed E-state index contributed by atoms with van der Waals surface area (Å²) >= 11 is 1.65. The molecule has 0 saturated carbocycles. The van der Waals surface area contributed by atoms with Crippen LogP contribution < -0.4 is 10.6 Å². The second-order valence-corrected chi connectivity index (χ2v) is 7.07. The van der Waals surface area contributed by atoms with Gasteiger partial charge in [0.1, 0.15) is 5.58 Å². The number of nitrogens with one attached hydrogen (secondary N) is 2. The Morgan fingerprint density at radius 1 is 1.00 bits per heavy atom. The molecule has 1 aromatic heterocycles. The highest BCUT2D eigenvalue weighted by atomic mass is 32.2. The van der Waals surface area contributed by atoms with Gasteiger partial charge in [-0.2, -0.15) is 11.8 Å². The summed E-state index contributed by atoms with van der Waals surface area (Å²) in [5, 5.41) is 5.10. The van der Waals surface area contributed by atoms with E-state index in [2.05, 4.69) is 5.32 Å². The lowest BCUT2D eigenvalue weighted by atomic mass is 10.1. The summed E-state index contributed by atoms with van der Waals surface area (Å²) in [5.74, 6) is -0.0821. The molecular formula is C21H20N2O5S. The fourth-order valence-corrected chi connectivity index (χ4v) is 3.69. The monoisotopic (exact) mass is 412 g/mol. The minimum Gasteiger partial charge on any atom is -0.450 e. The van der Waals surface area contributed by atoms with Gasteiger partial charge in [0.05, 0.1) is 0 Å². The largest absolute Gasteiger partial charge is 0.450 e. The van der Waals surface area contributed by atoms with Gasteiger partial charge in [-0.1, -0.05) is 48.5 Å². The van der Waals surface area contributed by atoms with Crippen molar-refractivity contribution in [3.8, 4) is 0 Å². The first-order chi connectivity index (χ1) is 14.1. The molecule has 0 aliphatic rings. The molecule has 1 heterocycles. The molecule has 0 atom stereocenters. The first-order valence-electron chi connectivity index (χ1n) is 8.89. The summed E-state index contributed by atoms with van der Waals surface area (Å²) in [6.45, 7) is -0.583. The van der Waals surface area contributed by atoms with E-state index in [9.17, 15) is 14.4 Å². The van der Waals surface area contributed by atoms with E-state index >= 15 is 0 Å². The molecular weight excluding hydrogens is 392 g/mol. The molecule has 150 valence electrons. The average Bonchev–Trinajstić information content (AvgIpc) is 3.11. The van der Waals surface area contributed by atoms with Crippen LogP contribution in [-0.2, 0) is 21.0 Å². The Balaban J connectivity index is 1.71. The number of esters is 1. The van der Waals surface area contributed by atoms with Crippen LogP contribution in [0.5, 0.6) is 0 Å². The number of thioether (sulfide) groups is 1. The van der Waals surface area contributed by atoms with Crippen molar-refractivity contribution in [3.05, 3.63) is 71.5 Å². The number of benzene rings is 2. The summed E-state index contributed by atoms with van der Waals surface area (Å²) in [5.41, 5.74) is 2.48. The van der Waals surface area contributed by atoms with Gasteiger partial charge in [-0.05, 0) is 11.6 Å². The Hall–Kier alpha value is -3.26. The molecule has 2 aromatic carbocycles. The topological polar surface area (TPSA) is 97.6 Å². The van der Waals surface area contributed by atoms with Crippen LogP contribution in [0.15, 0.2) is 59.0 Å². The third kappa shape index (κ3) is 5.39. The van der Waals surface area contributed by atoms with Crippen LogP contribution in [0.4, 0.5) is 4.79 Å². The molecule has 0 fully saturated rings. The molecule has 3 rings (SSSR count). The fraction of sp³-hybridized carbons (Fsp3) is 0.190. The second-order valence-electron chi connectivity index (χ2n) is 6.09. The molecule has 8 heteroatoms. The average molecular weight is 412 g/mol. The van der Waals surface area contributed by atoms with Crippen molar-refractivity contribution in [3.63, 3.8) is 0 Å². The van der Waals surface area contributed by atoms with Crippen LogP contribution in [0.1, 0.15) is 21.7 Å². The molecule has 0 bridgehead atoms. The lowest BCUT2D eigenvalue weighted by molar-refractivity contribution is -0.123. The number of carbonyl (C=O) groups is 3. The standard InChI is InChI=1S/C21H20N2O5S/c1-22-21(26)23-18(24)11-27-20(25)19-16(15-9-5-6-10-17(15)28-19)13-29-12-14-7-3-2-4-8-14/h2-10H,11-13H2,1H3,(H2,22,23,24,26). The van der Waals surface area contributed by atoms with Crippen LogP contribution in [0.3, 0.4) is 0 Å². The Morgan fingerprint density at radius 2 is 1.72 bits per heavy atom. The number of rotatable bonds is 7. The van der Waals surface area contributed by atoms with Gasteiger partial charge in [-0.3, -0.25) is 10.1 Å². The zero-order valence-corrected chi connectivity index (χ0v) is 16.6. The number of ether oxygens (including phenoxy) is 1. The second kappa shape index (κ2) is 9.79. The highest BCUT2D eigenvalue weighted by molar-refractivity contribution is 7.97. The molecule has 3 amide bonds. The predicted octanol–water partition coefficient (Wildman–Crippen LogP) is 3.48. The minimum atomic E-state index is -0.747. The maximum Gasteiger partial charge on any atom is 0.375 e. The van der Waals surface area contributed by atoms with Gasteiger partial charge < -0.3 is 14.5 Å². The van der Waals surface area contributed by atoms with Gasteiger partial charge in [0.15, 0.2) is 6.61 Å². The quantitative estimate of drug-likeness (QED) is 0.577. The highest BCUT2D eigenvalue weighted by Crippen LogP contribution is 2.30. The molecule has 3 aromatic rings. The predicted molar refractivity (Wildman–Crippen MR) is 111 cm³/mol. The van der Waals surface area contributed by atoms with Gasteiger partial charge in [-0.25, -0.2) is 9.59 Å². The van der Waals surface area contributed by atoms with Gasteiger partial charge >= 0.3 is 12.0 Å². The van der Waals surface area contributed by atoms with Crippen LogP contribution in [0.25, 0.3) is 11.0 Å². The maximum absolute atomic E-state index is 12.5. The number of para-hydroxylation sites is 1. The van der Waals surface area contributed by atoms with Crippen LogP contribution >= 0.6 is 11.8 Å². The number of imide groups is 1. The summed E-state index contributed by atoms with van der Waals surface area (Å²) in [7, 11) is 1.38. The van der Waals surface area contributed by atoms with E-state index in [1.165, 1.54) is 12.6 Å². The zero-order chi connectivity index (χ0) is 20.6. The van der Waals surface area contributed by atoms with Gasteiger partial charge in [0.2, 0.25) is 5.76 Å². The number of amides is 3.